The van der Waals surface area contributed by atoms with Gasteiger partial charge in [-0.3, -0.25) is 14.6 Å². The normalized spacial score (nSPS) is 13.6. The van der Waals surface area contributed by atoms with Crippen molar-refractivity contribution in [2.45, 2.75) is 27.8 Å². The first-order chi connectivity index (χ1) is 15.4. The van der Waals surface area contributed by atoms with E-state index in [1.807, 2.05) is 0 Å². The summed E-state index contributed by atoms with van der Waals surface area (Å²) < 4.78 is 29.1. The largest absolute Gasteiger partial charge is 0.506 e. The van der Waals surface area contributed by atoms with E-state index in [1.165, 1.54) is 12.4 Å². The number of fused-ring (bicyclic) bond motifs is 2. The van der Waals surface area contributed by atoms with Crippen LogP contribution in [0.25, 0.3) is 10.8 Å². The van der Waals surface area contributed by atoms with Crippen molar-refractivity contribution in [3.63, 3.8) is 0 Å². The summed E-state index contributed by atoms with van der Waals surface area (Å²) >= 11 is 1.14. The molecule has 162 valence electrons. The van der Waals surface area contributed by atoms with Crippen LogP contribution in [-0.2, 0) is 21.2 Å². The summed E-state index contributed by atoms with van der Waals surface area (Å²) in [7, 11) is -3.93. The molecule has 2 heterocycles. The standard InChI is InChI=1S/C21H17N5O4S2/c27-19-8-5-12-9-13(6-7-16(12)24-19)32(29,30)26-17-10-18(31-21-22-11-23-25-21)20(28)15-4-2-1-3-14(15)17/h1-4,6-7,9-11,26,28H,5,8H2,(H,24,27)(H,22,23,25). The molecule has 1 aromatic heterocycles. The van der Waals surface area contributed by atoms with Crippen LogP contribution in [-0.4, -0.2) is 34.6 Å². The van der Waals surface area contributed by atoms with Gasteiger partial charge in [-0.1, -0.05) is 24.3 Å². The highest BCUT2D eigenvalue weighted by atomic mass is 32.2. The Labute approximate surface area is 187 Å². The first kappa shape index (κ1) is 20.3. The number of H-pyrrole nitrogens is 1. The average molecular weight is 468 g/mol. The van der Waals surface area contributed by atoms with E-state index in [0.717, 1.165) is 17.3 Å². The number of carbonyl (C=O) groups excluding carboxylic acids is 1. The molecule has 0 atom stereocenters. The van der Waals surface area contributed by atoms with Crippen LogP contribution in [0.2, 0.25) is 0 Å². The predicted octanol–water partition coefficient (Wildman–Crippen LogP) is 3.50. The molecule has 0 saturated carbocycles. The first-order valence-corrected chi connectivity index (χ1v) is 11.9. The Kier molecular flexibility index (Phi) is 4.98. The van der Waals surface area contributed by atoms with Crippen molar-refractivity contribution < 1.29 is 18.3 Å². The fourth-order valence-electron chi connectivity index (χ4n) is 3.57. The molecule has 1 amide bonds. The summed E-state index contributed by atoms with van der Waals surface area (Å²) in [5.41, 5.74) is 1.72. The molecule has 1 aliphatic heterocycles. The molecule has 11 heteroatoms. The number of aromatic amines is 1. The molecule has 0 aliphatic carbocycles. The zero-order chi connectivity index (χ0) is 22.3. The van der Waals surface area contributed by atoms with E-state index in [9.17, 15) is 18.3 Å². The minimum Gasteiger partial charge on any atom is -0.506 e. The average Bonchev–Trinajstić information content (AvgIpc) is 3.29. The number of nitrogens with one attached hydrogen (secondary N) is 3. The van der Waals surface area contributed by atoms with Crippen LogP contribution in [0.3, 0.4) is 0 Å². The van der Waals surface area contributed by atoms with Crippen LogP contribution in [0, 0.1) is 0 Å². The van der Waals surface area contributed by atoms with Crippen molar-refractivity contribution in [3.05, 3.63) is 60.4 Å². The second-order valence-electron chi connectivity index (χ2n) is 7.18. The molecular weight excluding hydrogens is 450 g/mol. The van der Waals surface area contributed by atoms with Gasteiger partial charge in [0.1, 0.15) is 12.1 Å². The summed E-state index contributed by atoms with van der Waals surface area (Å²) in [6.45, 7) is 0. The molecule has 0 spiro atoms. The van der Waals surface area contributed by atoms with E-state index in [0.29, 0.717) is 45.0 Å². The number of amides is 1. The predicted molar refractivity (Wildman–Crippen MR) is 120 cm³/mol. The lowest BCUT2D eigenvalue weighted by molar-refractivity contribution is -0.116. The van der Waals surface area contributed by atoms with Gasteiger partial charge in [-0.25, -0.2) is 13.4 Å². The molecule has 0 saturated heterocycles. The number of phenols is 1. The van der Waals surface area contributed by atoms with Crippen LogP contribution in [0.15, 0.2) is 69.8 Å². The number of rotatable bonds is 5. The van der Waals surface area contributed by atoms with E-state index in [4.69, 9.17) is 0 Å². The van der Waals surface area contributed by atoms with Crippen LogP contribution in [0.5, 0.6) is 5.75 Å². The van der Waals surface area contributed by atoms with Crippen molar-refractivity contribution in [3.8, 4) is 5.75 Å². The maximum Gasteiger partial charge on any atom is 0.261 e. The van der Waals surface area contributed by atoms with Crippen molar-refractivity contribution >= 4 is 49.8 Å². The maximum atomic E-state index is 13.2. The third-order valence-electron chi connectivity index (χ3n) is 5.11. The molecule has 32 heavy (non-hydrogen) atoms. The number of carbonyl (C=O) groups is 1. The van der Waals surface area contributed by atoms with E-state index in [-0.39, 0.29) is 16.6 Å². The third kappa shape index (κ3) is 3.76. The van der Waals surface area contributed by atoms with Crippen LogP contribution in [0.4, 0.5) is 11.4 Å². The smallest absolute Gasteiger partial charge is 0.261 e. The van der Waals surface area contributed by atoms with Gasteiger partial charge in [-0.2, -0.15) is 5.10 Å². The number of hydrogen-bond acceptors (Lipinski definition) is 7. The maximum absolute atomic E-state index is 13.2. The summed E-state index contributed by atoms with van der Waals surface area (Å²) in [5.74, 6) is -0.0620. The monoisotopic (exact) mass is 467 g/mol. The molecule has 3 aromatic carbocycles. The fraction of sp³-hybridized carbons (Fsp3) is 0.0952. The van der Waals surface area contributed by atoms with Gasteiger partial charge in [0.2, 0.25) is 5.91 Å². The minimum absolute atomic E-state index is 0.0227. The van der Waals surface area contributed by atoms with E-state index < -0.39 is 10.0 Å². The van der Waals surface area contributed by atoms with Crippen LogP contribution >= 0.6 is 11.8 Å². The lowest BCUT2D eigenvalue weighted by atomic mass is 10.0. The number of phenolic OH excluding ortho intramolecular Hbond substituents is 1. The van der Waals surface area contributed by atoms with Gasteiger partial charge in [0.25, 0.3) is 10.0 Å². The molecule has 0 fully saturated rings. The summed E-state index contributed by atoms with van der Waals surface area (Å²) in [4.78, 5) is 16.1. The molecule has 0 unspecified atom stereocenters. The fourth-order valence-corrected chi connectivity index (χ4v) is 5.49. The Balaban J connectivity index is 1.56. The Bertz CT molecular complexity index is 1450. The number of aryl methyl sites for hydroxylation is 1. The topological polar surface area (TPSA) is 137 Å². The van der Waals surface area contributed by atoms with Crippen molar-refractivity contribution in [2.24, 2.45) is 0 Å². The van der Waals surface area contributed by atoms with Gasteiger partial charge >= 0.3 is 0 Å². The molecule has 0 bridgehead atoms. The van der Waals surface area contributed by atoms with Gasteiger partial charge in [-0.05, 0) is 48.0 Å². The molecule has 1 aliphatic rings. The molecule has 9 nitrogen and oxygen atoms in total. The van der Waals surface area contributed by atoms with Gasteiger partial charge in [0, 0.05) is 22.9 Å². The molecule has 4 N–H and O–H groups in total. The number of aromatic nitrogens is 3. The Hall–Kier alpha value is -3.57. The van der Waals surface area contributed by atoms with E-state index in [2.05, 4.69) is 25.2 Å². The van der Waals surface area contributed by atoms with Crippen molar-refractivity contribution in [1.29, 1.82) is 0 Å². The summed E-state index contributed by atoms with van der Waals surface area (Å²) in [5, 5.41) is 21.5. The number of aromatic hydroxyl groups is 1. The van der Waals surface area contributed by atoms with E-state index in [1.54, 1.807) is 42.5 Å². The van der Waals surface area contributed by atoms with E-state index >= 15 is 0 Å². The summed E-state index contributed by atoms with van der Waals surface area (Å²) in [6.07, 6.45) is 2.14. The second-order valence-corrected chi connectivity index (χ2v) is 9.89. The minimum atomic E-state index is -3.93. The third-order valence-corrected chi connectivity index (χ3v) is 7.39. The molecule has 0 radical (unpaired) electrons. The highest BCUT2D eigenvalue weighted by Crippen LogP contribution is 2.42. The number of benzene rings is 3. The van der Waals surface area contributed by atoms with Gasteiger partial charge < -0.3 is 10.4 Å². The zero-order valence-corrected chi connectivity index (χ0v) is 18.1. The van der Waals surface area contributed by atoms with Crippen LogP contribution < -0.4 is 10.0 Å². The number of anilines is 2. The molecule has 4 aromatic rings. The molecule has 5 rings (SSSR count). The van der Waals surface area contributed by atoms with Gasteiger partial charge in [-0.15, -0.1) is 0 Å². The number of hydrogen-bond donors (Lipinski definition) is 4. The number of sulfonamides is 1. The Morgan fingerprint density at radius 3 is 2.66 bits per heavy atom. The summed E-state index contributed by atoms with van der Waals surface area (Å²) in [6, 6.07) is 13.2. The van der Waals surface area contributed by atoms with Crippen molar-refractivity contribution in [2.75, 3.05) is 10.0 Å². The highest BCUT2D eigenvalue weighted by Gasteiger charge is 2.22. The quantitative estimate of drug-likeness (QED) is 0.330. The molecular formula is C21H17N5O4S2. The number of nitrogens with zero attached hydrogens (tertiary/aromatic N) is 2. The van der Waals surface area contributed by atoms with Gasteiger partial charge in [0.15, 0.2) is 5.16 Å². The van der Waals surface area contributed by atoms with Crippen molar-refractivity contribution in [1.82, 2.24) is 15.2 Å². The Morgan fingerprint density at radius 2 is 1.88 bits per heavy atom. The second kappa shape index (κ2) is 7.84. The van der Waals surface area contributed by atoms with Crippen LogP contribution in [0.1, 0.15) is 12.0 Å². The zero-order valence-electron chi connectivity index (χ0n) is 16.5. The highest BCUT2D eigenvalue weighted by molar-refractivity contribution is 7.99. The lowest BCUT2D eigenvalue weighted by Gasteiger charge is -2.18. The SMILES string of the molecule is O=C1CCc2cc(S(=O)(=O)Nc3cc(Sc4ncn[nH]4)c(O)c4ccccc34)ccc2N1. The Morgan fingerprint density at radius 1 is 1.06 bits per heavy atom. The van der Waals surface area contributed by atoms with Gasteiger partial charge in [0.05, 0.1) is 15.5 Å². The first-order valence-electron chi connectivity index (χ1n) is 9.64. The lowest BCUT2D eigenvalue weighted by Crippen LogP contribution is -2.20.